The van der Waals surface area contributed by atoms with E-state index < -0.39 is 0 Å². The number of unbranched alkanes of at least 4 members (excludes halogenated alkanes) is 23. The van der Waals surface area contributed by atoms with Gasteiger partial charge in [0.25, 0.3) is 0 Å². The van der Waals surface area contributed by atoms with Gasteiger partial charge in [-0.15, -0.1) is 37.2 Å². The first kappa shape index (κ1) is 68.2. The molecule has 0 aromatic heterocycles. The first-order valence-electron chi connectivity index (χ1n) is 25.7. The summed E-state index contributed by atoms with van der Waals surface area (Å²) < 4.78 is 0. The van der Waals surface area contributed by atoms with E-state index in [0.29, 0.717) is 58.7 Å². The van der Waals surface area contributed by atoms with Crippen LogP contribution in [-0.4, -0.2) is 86.4 Å². The first-order chi connectivity index (χ1) is 29.5. The summed E-state index contributed by atoms with van der Waals surface area (Å²) in [5.74, 6) is 0.350. The molecule has 0 aromatic rings. The van der Waals surface area contributed by atoms with Crippen LogP contribution < -0.4 is 22.1 Å². The molecule has 376 valence electrons. The Bertz CT molecular complexity index is 1010. The van der Waals surface area contributed by atoms with Crippen LogP contribution in [0.25, 0.3) is 0 Å². The molecule has 0 heterocycles. The summed E-state index contributed by atoms with van der Waals surface area (Å²) in [5.41, 5.74) is 11.6. The molecule has 0 aliphatic heterocycles. The molecule has 0 spiro atoms. The average molecular weight is 955 g/mol. The molecule has 0 saturated carbocycles. The summed E-state index contributed by atoms with van der Waals surface area (Å²) >= 11 is 0. The van der Waals surface area contributed by atoms with Gasteiger partial charge in [0.05, 0.1) is 6.54 Å². The zero-order valence-corrected chi connectivity index (χ0v) is 43.5. The Morgan fingerprint density at radius 2 is 0.762 bits per heavy atom. The zero-order chi connectivity index (χ0) is 43.8. The van der Waals surface area contributed by atoms with E-state index in [2.05, 4.69) is 53.7 Å². The van der Waals surface area contributed by atoms with Gasteiger partial charge in [-0.1, -0.05) is 141 Å². The molecular weight excluding hydrogens is 851 g/mol. The Morgan fingerprint density at radius 3 is 1.16 bits per heavy atom. The van der Waals surface area contributed by atoms with Crippen molar-refractivity contribution in [3.8, 4) is 0 Å². The number of nitrogens with one attached hydrogen (secondary N) is 2. The monoisotopic (exact) mass is 953 g/mol. The van der Waals surface area contributed by atoms with E-state index in [0.717, 1.165) is 70.9 Å². The second kappa shape index (κ2) is 56.8. The number of hydrogen-bond acceptors (Lipinski definition) is 6. The Kier molecular flexibility index (Phi) is 61.5. The van der Waals surface area contributed by atoms with Gasteiger partial charge >= 0.3 is 0 Å². The lowest BCUT2D eigenvalue weighted by Gasteiger charge is -2.28. The minimum atomic E-state index is 0. The number of carbonyl (C=O) groups is 3. The molecule has 0 fully saturated rings. The van der Waals surface area contributed by atoms with E-state index in [1.807, 2.05) is 4.90 Å². The van der Waals surface area contributed by atoms with Crippen molar-refractivity contribution in [2.24, 2.45) is 11.5 Å². The van der Waals surface area contributed by atoms with Crippen molar-refractivity contribution in [1.29, 1.82) is 0 Å². The van der Waals surface area contributed by atoms with Gasteiger partial charge in [0.15, 0.2) is 0 Å². The van der Waals surface area contributed by atoms with E-state index in [1.165, 1.54) is 141 Å². The topological polar surface area (TPSA) is 134 Å². The van der Waals surface area contributed by atoms with Crippen LogP contribution in [0.5, 0.6) is 0 Å². The van der Waals surface area contributed by atoms with E-state index >= 15 is 0 Å². The average Bonchev–Trinajstić information content (AvgIpc) is 3.25. The molecule has 0 unspecified atom stereocenters. The molecule has 0 aliphatic rings. The van der Waals surface area contributed by atoms with Gasteiger partial charge in [-0.25, -0.2) is 0 Å². The lowest BCUT2D eigenvalue weighted by molar-refractivity contribution is -0.132. The Balaban J connectivity index is -0.00000580. The molecule has 12 heteroatoms. The minimum absolute atomic E-state index is 0. The van der Waals surface area contributed by atoms with Gasteiger partial charge in [-0.3, -0.25) is 19.3 Å². The predicted molar refractivity (Wildman–Crippen MR) is 281 cm³/mol. The minimum Gasteiger partial charge on any atom is -0.356 e. The smallest absolute Gasteiger partial charge is 0.236 e. The number of hydrogen-bond donors (Lipinski definition) is 4. The van der Waals surface area contributed by atoms with Crippen LogP contribution >= 0.6 is 37.2 Å². The number of amides is 3. The second-order valence-corrected chi connectivity index (χ2v) is 17.4. The van der Waals surface area contributed by atoms with Gasteiger partial charge < -0.3 is 27.0 Å². The standard InChI is InChI=1S/C51H100N6O3.3ClH/c1-3-5-7-9-11-13-15-17-19-21-23-25-27-29-31-38-49(58)54-42-33-34-46-57(51(60)48-56(44-35-40-52)45-36-41-53)47-37-43-55-50(59)39-32-30-28-26-24-22-20-18-16-14-12-10-8-6-4-2;;;/h17-20H,3-16,21-48,52-53H2,1-2H3,(H,54,58)(H,55,59);3*1H/b19-17-,20-18-;;;. The molecule has 3 amide bonds. The highest BCUT2D eigenvalue weighted by Gasteiger charge is 2.17. The van der Waals surface area contributed by atoms with Crippen molar-refractivity contribution < 1.29 is 14.4 Å². The summed E-state index contributed by atoms with van der Waals surface area (Å²) in [6.45, 7) is 10.1. The fourth-order valence-corrected chi connectivity index (χ4v) is 7.59. The van der Waals surface area contributed by atoms with Crippen molar-refractivity contribution in [2.45, 2.75) is 226 Å². The van der Waals surface area contributed by atoms with Gasteiger partial charge in [-0.2, -0.15) is 0 Å². The van der Waals surface area contributed by atoms with E-state index in [1.54, 1.807) is 0 Å². The Labute approximate surface area is 408 Å². The van der Waals surface area contributed by atoms with Crippen molar-refractivity contribution in [1.82, 2.24) is 20.4 Å². The van der Waals surface area contributed by atoms with Gasteiger partial charge in [0.2, 0.25) is 17.7 Å². The highest BCUT2D eigenvalue weighted by atomic mass is 35.5. The highest BCUT2D eigenvalue weighted by Crippen LogP contribution is 2.12. The Hall–Kier alpha value is -1.36. The fraction of sp³-hybridized carbons (Fsp3) is 0.863. The normalized spacial score (nSPS) is 11.1. The van der Waals surface area contributed by atoms with Crippen LogP contribution in [-0.2, 0) is 14.4 Å². The van der Waals surface area contributed by atoms with Crippen molar-refractivity contribution in [3.63, 3.8) is 0 Å². The summed E-state index contributed by atoms with van der Waals surface area (Å²) in [6, 6.07) is 0. The number of nitrogens with zero attached hydrogens (tertiary/aromatic N) is 2. The fourth-order valence-electron chi connectivity index (χ4n) is 7.59. The molecule has 0 saturated heterocycles. The van der Waals surface area contributed by atoms with Crippen molar-refractivity contribution in [3.05, 3.63) is 24.3 Å². The van der Waals surface area contributed by atoms with Crippen LogP contribution in [0.4, 0.5) is 0 Å². The molecule has 0 rings (SSSR count). The maximum atomic E-state index is 13.5. The summed E-state index contributed by atoms with van der Waals surface area (Å²) in [4.78, 5) is 42.6. The summed E-state index contributed by atoms with van der Waals surface area (Å²) in [6.07, 6.45) is 47.2. The molecule has 0 aliphatic carbocycles. The summed E-state index contributed by atoms with van der Waals surface area (Å²) in [7, 11) is 0. The summed E-state index contributed by atoms with van der Waals surface area (Å²) in [5, 5.41) is 6.18. The lowest BCUT2D eigenvalue weighted by Crippen LogP contribution is -2.43. The van der Waals surface area contributed by atoms with Crippen molar-refractivity contribution in [2.75, 3.05) is 58.9 Å². The van der Waals surface area contributed by atoms with Gasteiger partial charge in [0.1, 0.15) is 0 Å². The predicted octanol–water partition coefficient (Wildman–Crippen LogP) is 12.6. The quantitative estimate of drug-likeness (QED) is 0.0355. The maximum absolute atomic E-state index is 13.5. The molecule has 0 aromatic carbocycles. The molecular formula is C51H103Cl3N6O3. The first-order valence-corrected chi connectivity index (χ1v) is 25.7. The molecule has 9 nitrogen and oxygen atoms in total. The highest BCUT2D eigenvalue weighted by molar-refractivity contribution is 5.86. The zero-order valence-electron chi connectivity index (χ0n) is 41.0. The third kappa shape index (κ3) is 51.5. The van der Waals surface area contributed by atoms with E-state index in [-0.39, 0.29) is 54.9 Å². The Morgan fingerprint density at radius 1 is 0.413 bits per heavy atom. The number of carbonyl (C=O) groups excluding carboxylic acids is 3. The SMILES string of the molecule is CCCCCCCC/C=C\CCCCCCCC(=O)NCCCCN(CCCNC(=O)CCCCCCC/C=C\CCCCCCCC)C(=O)CN(CCCN)CCCN.Cl.Cl.Cl. The molecule has 0 atom stereocenters. The largest absolute Gasteiger partial charge is 0.356 e. The number of allylic oxidation sites excluding steroid dienone is 4. The van der Waals surface area contributed by atoms with Gasteiger partial charge in [0, 0.05) is 39.0 Å². The third-order valence-corrected chi connectivity index (χ3v) is 11.5. The van der Waals surface area contributed by atoms with Crippen molar-refractivity contribution >= 4 is 54.9 Å². The van der Waals surface area contributed by atoms with Crippen LogP contribution in [0.1, 0.15) is 226 Å². The molecule has 63 heavy (non-hydrogen) atoms. The van der Waals surface area contributed by atoms with Crippen LogP contribution in [0.15, 0.2) is 24.3 Å². The van der Waals surface area contributed by atoms with E-state index in [9.17, 15) is 14.4 Å². The molecule has 6 N–H and O–H groups in total. The van der Waals surface area contributed by atoms with Crippen LogP contribution in [0.2, 0.25) is 0 Å². The van der Waals surface area contributed by atoms with Crippen LogP contribution in [0, 0.1) is 0 Å². The maximum Gasteiger partial charge on any atom is 0.236 e. The van der Waals surface area contributed by atoms with E-state index in [4.69, 9.17) is 11.5 Å². The third-order valence-electron chi connectivity index (χ3n) is 11.5. The molecule has 0 radical (unpaired) electrons. The number of halogens is 3. The molecule has 0 bridgehead atoms. The van der Waals surface area contributed by atoms with Gasteiger partial charge in [-0.05, 0) is 122 Å². The van der Waals surface area contributed by atoms with Crippen LogP contribution in [0.3, 0.4) is 0 Å². The number of nitrogens with two attached hydrogens (primary N) is 2. The second-order valence-electron chi connectivity index (χ2n) is 17.4. The lowest BCUT2D eigenvalue weighted by atomic mass is 10.1. The number of rotatable bonds is 47.